The third kappa shape index (κ3) is 2.02. The van der Waals surface area contributed by atoms with Crippen molar-refractivity contribution >= 4 is 11.0 Å². The Morgan fingerprint density at radius 2 is 2.17 bits per heavy atom. The van der Waals surface area contributed by atoms with Crippen molar-refractivity contribution in [2.45, 2.75) is 13.0 Å². The molecule has 2 unspecified atom stereocenters. The van der Waals surface area contributed by atoms with Crippen LogP contribution in [-0.2, 0) is 11.8 Å². The molecule has 0 aliphatic carbocycles. The van der Waals surface area contributed by atoms with Crippen LogP contribution >= 0.6 is 0 Å². The third-order valence-electron chi connectivity index (χ3n) is 3.51. The van der Waals surface area contributed by atoms with Gasteiger partial charge in [-0.2, -0.15) is 0 Å². The molecule has 4 heteroatoms. The molecule has 1 aromatic heterocycles. The van der Waals surface area contributed by atoms with Crippen LogP contribution in [0.5, 0.6) is 0 Å². The predicted octanol–water partition coefficient (Wildman–Crippen LogP) is 1.87. The summed E-state index contributed by atoms with van der Waals surface area (Å²) in [6.45, 7) is 4.84. The maximum absolute atomic E-state index is 5.97. The number of ether oxygens (including phenoxy) is 1. The SMILES string of the molecule is CC1CNCC(c2nc3ccccc3n2C)OC1. The molecule has 0 saturated carbocycles. The molecule has 1 aliphatic rings. The first-order valence-electron chi connectivity index (χ1n) is 6.49. The van der Waals surface area contributed by atoms with E-state index >= 15 is 0 Å². The van der Waals surface area contributed by atoms with Crippen molar-refractivity contribution in [3.8, 4) is 0 Å². The molecule has 1 aliphatic heterocycles. The highest BCUT2D eigenvalue weighted by atomic mass is 16.5. The predicted molar refractivity (Wildman–Crippen MR) is 71.4 cm³/mol. The standard InChI is InChI=1S/C14H19N3O/c1-10-7-15-8-13(18-9-10)14-16-11-5-3-4-6-12(11)17(14)2/h3-6,10,13,15H,7-9H2,1-2H3. The van der Waals surface area contributed by atoms with Gasteiger partial charge in [0.1, 0.15) is 11.9 Å². The van der Waals surface area contributed by atoms with Crippen LogP contribution in [0.4, 0.5) is 0 Å². The zero-order valence-electron chi connectivity index (χ0n) is 10.9. The van der Waals surface area contributed by atoms with Crippen molar-refractivity contribution in [3.63, 3.8) is 0 Å². The number of hydrogen-bond acceptors (Lipinski definition) is 3. The summed E-state index contributed by atoms with van der Waals surface area (Å²) in [4.78, 5) is 4.70. The van der Waals surface area contributed by atoms with E-state index in [9.17, 15) is 0 Å². The zero-order chi connectivity index (χ0) is 12.5. The van der Waals surface area contributed by atoms with Gasteiger partial charge in [-0.05, 0) is 18.1 Å². The van der Waals surface area contributed by atoms with E-state index in [2.05, 4.69) is 29.9 Å². The van der Waals surface area contributed by atoms with Gasteiger partial charge in [-0.1, -0.05) is 19.1 Å². The van der Waals surface area contributed by atoms with E-state index in [1.807, 2.05) is 18.2 Å². The quantitative estimate of drug-likeness (QED) is 0.833. The minimum atomic E-state index is 0.0485. The molecule has 2 heterocycles. The summed E-state index contributed by atoms with van der Waals surface area (Å²) in [5.41, 5.74) is 2.20. The van der Waals surface area contributed by atoms with Crippen LogP contribution in [0.3, 0.4) is 0 Å². The van der Waals surface area contributed by atoms with Crippen molar-refractivity contribution in [1.29, 1.82) is 0 Å². The van der Waals surface area contributed by atoms with Crippen molar-refractivity contribution < 1.29 is 4.74 Å². The largest absolute Gasteiger partial charge is 0.369 e. The molecule has 18 heavy (non-hydrogen) atoms. The fourth-order valence-corrected chi connectivity index (χ4v) is 2.48. The second-order valence-corrected chi connectivity index (χ2v) is 5.10. The summed E-state index contributed by atoms with van der Waals surface area (Å²) < 4.78 is 8.10. The molecule has 4 nitrogen and oxygen atoms in total. The number of para-hydroxylation sites is 2. The molecule has 1 saturated heterocycles. The first-order chi connectivity index (χ1) is 8.75. The molecule has 0 amide bonds. The highest BCUT2D eigenvalue weighted by Crippen LogP contribution is 2.23. The van der Waals surface area contributed by atoms with E-state index in [1.165, 1.54) is 0 Å². The summed E-state index contributed by atoms with van der Waals surface area (Å²) in [6, 6.07) is 8.21. The lowest BCUT2D eigenvalue weighted by Crippen LogP contribution is -2.23. The molecular weight excluding hydrogens is 226 g/mol. The lowest BCUT2D eigenvalue weighted by molar-refractivity contribution is 0.0445. The number of nitrogens with one attached hydrogen (secondary N) is 1. The van der Waals surface area contributed by atoms with Crippen molar-refractivity contribution in [2.24, 2.45) is 13.0 Å². The number of aromatic nitrogens is 2. The van der Waals surface area contributed by atoms with Gasteiger partial charge >= 0.3 is 0 Å². The Hall–Kier alpha value is -1.39. The highest BCUT2D eigenvalue weighted by Gasteiger charge is 2.22. The first-order valence-corrected chi connectivity index (χ1v) is 6.49. The number of benzene rings is 1. The topological polar surface area (TPSA) is 39.1 Å². The van der Waals surface area contributed by atoms with E-state index in [4.69, 9.17) is 9.72 Å². The number of fused-ring (bicyclic) bond motifs is 1. The van der Waals surface area contributed by atoms with E-state index in [0.29, 0.717) is 5.92 Å². The minimum Gasteiger partial charge on any atom is -0.369 e. The maximum atomic E-state index is 5.97. The molecule has 3 rings (SSSR count). The molecule has 2 atom stereocenters. The molecule has 0 spiro atoms. The lowest BCUT2D eigenvalue weighted by Gasteiger charge is -2.15. The second kappa shape index (κ2) is 4.71. The smallest absolute Gasteiger partial charge is 0.140 e. The average Bonchev–Trinajstić information content (AvgIpc) is 2.57. The summed E-state index contributed by atoms with van der Waals surface area (Å²) >= 11 is 0. The van der Waals surface area contributed by atoms with Crippen LogP contribution in [0, 0.1) is 5.92 Å². The number of hydrogen-bond donors (Lipinski definition) is 1. The zero-order valence-corrected chi connectivity index (χ0v) is 10.9. The second-order valence-electron chi connectivity index (χ2n) is 5.10. The highest BCUT2D eigenvalue weighted by molar-refractivity contribution is 5.75. The Balaban J connectivity index is 1.96. The third-order valence-corrected chi connectivity index (χ3v) is 3.51. The fourth-order valence-electron chi connectivity index (χ4n) is 2.48. The first kappa shape index (κ1) is 11.7. The van der Waals surface area contributed by atoms with Crippen LogP contribution in [0.1, 0.15) is 18.9 Å². The van der Waals surface area contributed by atoms with E-state index in [-0.39, 0.29) is 6.10 Å². The van der Waals surface area contributed by atoms with E-state index < -0.39 is 0 Å². The summed E-state index contributed by atoms with van der Waals surface area (Å²) in [6.07, 6.45) is 0.0485. The van der Waals surface area contributed by atoms with Gasteiger partial charge in [0.2, 0.25) is 0 Å². The Morgan fingerprint density at radius 1 is 1.33 bits per heavy atom. The molecule has 1 fully saturated rings. The maximum Gasteiger partial charge on any atom is 0.140 e. The lowest BCUT2D eigenvalue weighted by atomic mass is 10.2. The Morgan fingerprint density at radius 3 is 3.00 bits per heavy atom. The van der Waals surface area contributed by atoms with Crippen molar-refractivity contribution in [1.82, 2.24) is 14.9 Å². The Labute approximate surface area is 107 Å². The monoisotopic (exact) mass is 245 g/mol. The number of aryl methyl sites for hydroxylation is 1. The molecule has 1 N–H and O–H groups in total. The van der Waals surface area contributed by atoms with Crippen LogP contribution in [0.2, 0.25) is 0 Å². The van der Waals surface area contributed by atoms with Gasteiger partial charge < -0.3 is 14.6 Å². The normalized spacial score (nSPS) is 25.2. The molecule has 96 valence electrons. The van der Waals surface area contributed by atoms with E-state index in [1.54, 1.807) is 0 Å². The van der Waals surface area contributed by atoms with E-state index in [0.717, 1.165) is 36.6 Å². The van der Waals surface area contributed by atoms with Gasteiger partial charge in [0.15, 0.2) is 0 Å². The van der Waals surface area contributed by atoms with Crippen LogP contribution in [-0.4, -0.2) is 29.2 Å². The number of rotatable bonds is 1. The van der Waals surface area contributed by atoms with Gasteiger partial charge in [0.25, 0.3) is 0 Å². The van der Waals surface area contributed by atoms with Crippen LogP contribution in [0.15, 0.2) is 24.3 Å². The summed E-state index contributed by atoms with van der Waals surface area (Å²) in [7, 11) is 2.06. The molecule has 1 aromatic carbocycles. The average molecular weight is 245 g/mol. The van der Waals surface area contributed by atoms with Gasteiger partial charge in [0, 0.05) is 20.1 Å². The summed E-state index contributed by atoms with van der Waals surface area (Å²) in [5.74, 6) is 1.57. The van der Waals surface area contributed by atoms with Gasteiger partial charge in [-0.25, -0.2) is 4.98 Å². The van der Waals surface area contributed by atoms with Crippen LogP contribution in [0.25, 0.3) is 11.0 Å². The summed E-state index contributed by atoms with van der Waals surface area (Å²) in [5, 5.41) is 3.44. The minimum absolute atomic E-state index is 0.0485. The molecule has 0 radical (unpaired) electrons. The van der Waals surface area contributed by atoms with Gasteiger partial charge in [-0.3, -0.25) is 0 Å². The Kier molecular flexibility index (Phi) is 3.06. The molecular formula is C14H19N3O. The van der Waals surface area contributed by atoms with Crippen LogP contribution < -0.4 is 5.32 Å². The molecule has 2 aromatic rings. The number of imidazole rings is 1. The fraction of sp³-hybridized carbons (Fsp3) is 0.500. The Bertz CT molecular complexity index is 549. The van der Waals surface area contributed by atoms with Crippen molar-refractivity contribution in [2.75, 3.05) is 19.7 Å². The van der Waals surface area contributed by atoms with Crippen molar-refractivity contribution in [3.05, 3.63) is 30.1 Å². The number of nitrogens with zero attached hydrogens (tertiary/aromatic N) is 2. The van der Waals surface area contributed by atoms with Gasteiger partial charge in [0.05, 0.1) is 17.6 Å². The molecule has 0 bridgehead atoms. The van der Waals surface area contributed by atoms with Gasteiger partial charge in [-0.15, -0.1) is 0 Å².